The van der Waals surface area contributed by atoms with Gasteiger partial charge in [-0.2, -0.15) is 0 Å². The summed E-state index contributed by atoms with van der Waals surface area (Å²) in [6.07, 6.45) is -0.526. The van der Waals surface area contributed by atoms with Gasteiger partial charge in [-0.05, 0) is 58.7 Å². The SMILES string of the molecule is Cc1ccc(C)c(NCc2onc(C)c2NC(=O)OC(C)(C)C)c1. The number of nitrogens with one attached hydrogen (secondary N) is 2. The van der Waals surface area contributed by atoms with Crippen LogP contribution in [0.2, 0.25) is 0 Å². The summed E-state index contributed by atoms with van der Waals surface area (Å²) in [6.45, 7) is 11.7. The van der Waals surface area contributed by atoms with Crippen molar-refractivity contribution in [2.45, 2.75) is 53.7 Å². The maximum absolute atomic E-state index is 12.0. The van der Waals surface area contributed by atoms with Gasteiger partial charge in [-0.15, -0.1) is 0 Å². The van der Waals surface area contributed by atoms with E-state index in [2.05, 4.69) is 34.0 Å². The Morgan fingerprint density at radius 2 is 1.96 bits per heavy atom. The molecule has 2 aromatic rings. The van der Waals surface area contributed by atoms with Crippen LogP contribution in [0.5, 0.6) is 0 Å². The molecule has 0 radical (unpaired) electrons. The van der Waals surface area contributed by atoms with Gasteiger partial charge >= 0.3 is 6.09 Å². The Kier molecular flexibility index (Phi) is 5.17. The average Bonchev–Trinajstić information content (AvgIpc) is 2.79. The number of carbonyl (C=O) groups excluding carboxylic acids is 1. The van der Waals surface area contributed by atoms with Gasteiger partial charge in [0.2, 0.25) is 0 Å². The number of carbonyl (C=O) groups is 1. The van der Waals surface area contributed by atoms with Crippen LogP contribution in [0.1, 0.15) is 43.4 Å². The summed E-state index contributed by atoms with van der Waals surface area (Å²) in [4.78, 5) is 12.0. The highest BCUT2D eigenvalue weighted by Gasteiger charge is 2.20. The summed E-state index contributed by atoms with van der Waals surface area (Å²) in [5, 5.41) is 9.97. The minimum atomic E-state index is -0.563. The van der Waals surface area contributed by atoms with E-state index in [9.17, 15) is 4.79 Å². The molecular weight excluding hydrogens is 306 g/mol. The first kappa shape index (κ1) is 17.8. The Labute approximate surface area is 142 Å². The molecule has 0 atom stereocenters. The third-order valence-corrected chi connectivity index (χ3v) is 3.39. The van der Waals surface area contributed by atoms with E-state index in [0.717, 1.165) is 11.3 Å². The van der Waals surface area contributed by atoms with Crippen LogP contribution in [-0.4, -0.2) is 16.9 Å². The zero-order chi connectivity index (χ0) is 17.9. The largest absolute Gasteiger partial charge is 0.444 e. The van der Waals surface area contributed by atoms with Gasteiger partial charge in [0, 0.05) is 5.69 Å². The van der Waals surface area contributed by atoms with Gasteiger partial charge in [0.25, 0.3) is 0 Å². The van der Waals surface area contributed by atoms with Crippen LogP contribution in [0, 0.1) is 20.8 Å². The first-order valence-corrected chi connectivity index (χ1v) is 7.92. The van der Waals surface area contributed by atoms with Gasteiger partial charge in [0.15, 0.2) is 5.76 Å². The van der Waals surface area contributed by atoms with Crippen LogP contribution in [-0.2, 0) is 11.3 Å². The number of ether oxygens (including phenoxy) is 1. The van der Waals surface area contributed by atoms with Crippen molar-refractivity contribution in [3.05, 3.63) is 40.8 Å². The van der Waals surface area contributed by atoms with Gasteiger partial charge < -0.3 is 14.6 Å². The van der Waals surface area contributed by atoms with E-state index < -0.39 is 11.7 Å². The van der Waals surface area contributed by atoms with Crippen LogP contribution in [0.15, 0.2) is 22.7 Å². The van der Waals surface area contributed by atoms with E-state index >= 15 is 0 Å². The first-order chi connectivity index (χ1) is 11.2. The van der Waals surface area contributed by atoms with Gasteiger partial charge in [0.05, 0.1) is 6.54 Å². The molecule has 130 valence electrons. The first-order valence-electron chi connectivity index (χ1n) is 7.92. The number of rotatable bonds is 4. The van der Waals surface area contributed by atoms with E-state index in [1.807, 2.05) is 34.6 Å². The lowest BCUT2D eigenvalue weighted by molar-refractivity contribution is 0.0635. The molecule has 0 aliphatic rings. The fraction of sp³-hybridized carbons (Fsp3) is 0.444. The molecule has 0 saturated heterocycles. The molecule has 1 aromatic heterocycles. The summed E-state index contributed by atoms with van der Waals surface area (Å²) in [5.74, 6) is 0.555. The molecule has 1 aromatic carbocycles. The summed E-state index contributed by atoms with van der Waals surface area (Å²) < 4.78 is 10.6. The van der Waals surface area contributed by atoms with Crippen LogP contribution in [0.4, 0.5) is 16.2 Å². The van der Waals surface area contributed by atoms with E-state index in [-0.39, 0.29) is 0 Å². The molecule has 6 heteroatoms. The molecule has 0 aliphatic heterocycles. The minimum absolute atomic E-state index is 0.413. The number of hydrogen-bond acceptors (Lipinski definition) is 5. The Morgan fingerprint density at radius 1 is 1.25 bits per heavy atom. The predicted molar refractivity (Wildman–Crippen MR) is 94.3 cm³/mol. The van der Waals surface area contributed by atoms with Crippen molar-refractivity contribution in [3.8, 4) is 0 Å². The third-order valence-electron chi connectivity index (χ3n) is 3.39. The van der Waals surface area contributed by atoms with Gasteiger partial charge in [-0.25, -0.2) is 4.79 Å². The van der Waals surface area contributed by atoms with E-state index in [4.69, 9.17) is 9.26 Å². The van der Waals surface area contributed by atoms with Crippen molar-refractivity contribution < 1.29 is 14.1 Å². The van der Waals surface area contributed by atoms with Crippen LogP contribution in [0.3, 0.4) is 0 Å². The number of amides is 1. The summed E-state index contributed by atoms with van der Waals surface area (Å²) in [6, 6.07) is 6.19. The Morgan fingerprint density at radius 3 is 2.62 bits per heavy atom. The second-order valence-electron chi connectivity index (χ2n) is 6.86. The number of aryl methyl sites for hydroxylation is 3. The van der Waals surface area contributed by atoms with Crippen LogP contribution in [0.25, 0.3) is 0 Å². The monoisotopic (exact) mass is 331 g/mol. The van der Waals surface area contributed by atoms with E-state index in [0.29, 0.717) is 23.7 Å². The fourth-order valence-electron chi connectivity index (χ4n) is 2.20. The quantitative estimate of drug-likeness (QED) is 0.859. The van der Waals surface area contributed by atoms with Crippen molar-refractivity contribution in [1.82, 2.24) is 5.16 Å². The zero-order valence-corrected chi connectivity index (χ0v) is 15.1. The lowest BCUT2D eigenvalue weighted by Crippen LogP contribution is -2.27. The number of nitrogens with zero attached hydrogens (tertiary/aromatic N) is 1. The highest BCUT2D eigenvalue weighted by atomic mass is 16.6. The van der Waals surface area contributed by atoms with Crippen LogP contribution >= 0.6 is 0 Å². The second kappa shape index (κ2) is 6.95. The molecule has 2 rings (SSSR count). The minimum Gasteiger partial charge on any atom is -0.444 e. The zero-order valence-electron chi connectivity index (χ0n) is 15.1. The normalized spacial score (nSPS) is 11.2. The van der Waals surface area contributed by atoms with Crippen LogP contribution < -0.4 is 10.6 Å². The van der Waals surface area contributed by atoms with Gasteiger partial charge in [0.1, 0.15) is 17.0 Å². The lowest BCUT2D eigenvalue weighted by atomic mass is 10.1. The third kappa shape index (κ3) is 4.75. The summed E-state index contributed by atoms with van der Waals surface area (Å²) in [7, 11) is 0. The molecule has 0 aliphatic carbocycles. The fourth-order valence-corrected chi connectivity index (χ4v) is 2.20. The molecule has 0 saturated carbocycles. The second-order valence-corrected chi connectivity index (χ2v) is 6.86. The Hall–Kier alpha value is -2.50. The Balaban J connectivity index is 2.09. The predicted octanol–water partition coefficient (Wildman–Crippen LogP) is 4.56. The summed E-state index contributed by atoms with van der Waals surface area (Å²) in [5.41, 5.74) is 3.92. The topological polar surface area (TPSA) is 76.4 Å². The highest BCUT2D eigenvalue weighted by Crippen LogP contribution is 2.24. The van der Waals surface area contributed by atoms with Crippen molar-refractivity contribution in [2.75, 3.05) is 10.6 Å². The molecule has 24 heavy (non-hydrogen) atoms. The maximum atomic E-state index is 12.0. The molecular formula is C18H25N3O3. The number of hydrogen-bond donors (Lipinski definition) is 2. The van der Waals surface area contributed by atoms with E-state index in [1.54, 1.807) is 6.92 Å². The molecule has 0 spiro atoms. The number of anilines is 2. The molecule has 0 fully saturated rings. The van der Waals surface area contributed by atoms with Crippen molar-refractivity contribution in [3.63, 3.8) is 0 Å². The molecule has 2 N–H and O–H groups in total. The standard InChI is InChI=1S/C18H25N3O3/c1-11-7-8-12(2)14(9-11)19-10-15-16(13(3)21-24-15)20-17(22)23-18(4,5)6/h7-9,19H,10H2,1-6H3,(H,20,22). The summed E-state index contributed by atoms with van der Waals surface area (Å²) >= 11 is 0. The van der Waals surface area contributed by atoms with E-state index in [1.165, 1.54) is 5.56 Å². The van der Waals surface area contributed by atoms with Gasteiger partial charge in [-0.1, -0.05) is 17.3 Å². The Bertz CT molecular complexity index is 730. The maximum Gasteiger partial charge on any atom is 0.412 e. The molecule has 1 heterocycles. The smallest absolute Gasteiger partial charge is 0.412 e. The molecule has 0 unspecified atom stereocenters. The molecule has 0 bridgehead atoms. The number of benzene rings is 1. The highest BCUT2D eigenvalue weighted by molar-refractivity contribution is 5.86. The van der Waals surface area contributed by atoms with Crippen molar-refractivity contribution in [2.24, 2.45) is 0 Å². The number of aromatic nitrogens is 1. The lowest BCUT2D eigenvalue weighted by Gasteiger charge is -2.19. The van der Waals surface area contributed by atoms with Crippen molar-refractivity contribution in [1.29, 1.82) is 0 Å². The van der Waals surface area contributed by atoms with Gasteiger partial charge in [-0.3, -0.25) is 5.32 Å². The molecule has 1 amide bonds. The average molecular weight is 331 g/mol. The van der Waals surface area contributed by atoms with Crippen molar-refractivity contribution >= 4 is 17.5 Å². The molecule has 6 nitrogen and oxygen atoms in total.